The number of esters is 1. The number of morpholine rings is 1. The summed E-state index contributed by atoms with van der Waals surface area (Å²) in [4.78, 5) is 14.9. The van der Waals surface area contributed by atoms with Crippen molar-refractivity contribution in [3.8, 4) is 0 Å². The molecule has 1 saturated heterocycles. The van der Waals surface area contributed by atoms with Crippen LogP contribution in [0, 0.1) is 5.41 Å². The zero-order chi connectivity index (χ0) is 24.5. The van der Waals surface area contributed by atoms with Gasteiger partial charge in [-0.3, -0.25) is 23.3 Å². The first kappa shape index (κ1) is 29.5. The molecule has 9 heteroatoms. The van der Waals surface area contributed by atoms with Crippen LogP contribution in [0.15, 0.2) is 0 Å². The van der Waals surface area contributed by atoms with Crippen molar-refractivity contribution in [1.29, 1.82) is 0 Å². The number of phosphoric ester groups is 1. The Morgan fingerprint density at radius 3 is 2.06 bits per heavy atom. The highest BCUT2D eigenvalue weighted by molar-refractivity contribution is 7.48. The second-order valence-corrected chi connectivity index (χ2v) is 11.5. The molecule has 32 heavy (non-hydrogen) atoms. The molecular weight excluding hydrogens is 433 g/mol. The predicted molar refractivity (Wildman–Crippen MR) is 126 cm³/mol. The van der Waals surface area contributed by atoms with E-state index in [4.69, 9.17) is 23.0 Å². The molecule has 0 amide bonds. The van der Waals surface area contributed by atoms with Crippen LogP contribution in [0.25, 0.3) is 0 Å². The molecule has 0 aromatic rings. The van der Waals surface area contributed by atoms with E-state index < -0.39 is 24.4 Å². The average molecular weight is 480 g/mol. The SMILES string of the molecule is CCC(C)(C)OP(=O)(OCCOC(=O)C(C)(C)CCN1CCOCC1)OC(C)(CC)CC. The van der Waals surface area contributed by atoms with Gasteiger partial charge in [-0.25, -0.2) is 4.57 Å². The van der Waals surface area contributed by atoms with Crippen LogP contribution in [-0.4, -0.2) is 68.1 Å². The number of hydrogen-bond donors (Lipinski definition) is 0. The molecule has 1 atom stereocenters. The second kappa shape index (κ2) is 12.8. The first-order chi connectivity index (χ1) is 14.8. The van der Waals surface area contributed by atoms with Crippen LogP contribution in [-0.2, 0) is 32.4 Å². The third kappa shape index (κ3) is 10.2. The molecule has 0 aromatic heterocycles. The van der Waals surface area contributed by atoms with Gasteiger partial charge in [0.25, 0.3) is 0 Å². The van der Waals surface area contributed by atoms with Gasteiger partial charge in [0.15, 0.2) is 0 Å². The predicted octanol–water partition coefficient (Wildman–Crippen LogP) is 5.20. The highest BCUT2D eigenvalue weighted by Gasteiger charge is 2.40. The monoisotopic (exact) mass is 479 g/mol. The van der Waals surface area contributed by atoms with E-state index in [9.17, 15) is 9.36 Å². The molecule has 0 saturated carbocycles. The Hall–Kier alpha value is -0.500. The number of nitrogens with zero attached hydrogens (tertiary/aromatic N) is 1. The first-order valence-corrected chi connectivity index (χ1v) is 13.4. The summed E-state index contributed by atoms with van der Waals surface area (Å²) in [6.07, 6.45) is 2.66. The van der Waals surface area contributed by atoms with Gasteiger partial charge in [-0.15, -0.1) is 0 Å². The van der Waals surface area contributed by atoms with Crippen molar-refractivity contribution in [2.75, 3.05) is 46.1 Å². The van der Waals surface area contributed by atoms with E-state index in [2.05, 4.69) is 4.90 Å². The molecule has 1 aliphatic rings. The van der Waals surface area contributed by atoms with E-state index in [1.54, 1.807) is 0 Å². The van der Waals surface area contributed by atoms with Gasteiger partial charge in [-0.1, -0.05) is 20.8 Å². The fraction of sp³-hybridized carbons (Fsp3) is 0.957. The van der Waals surface area contributed by atoms with Crippen LogP contribution in [0.4, 0.5) is 0 Å². The quantitative estimate of drug-likeness (QED) is 0.180. The van der Waals surface area contributed by atoms with Gasteiger partial charge in [0.05, 0.1) is 36.4 Å². The summed E-state index contributed by atoms with van der Waals surface area (Å²) in [5, 5.41) is 0. The molecule has 0 aliphatic carbocycles. The lowest BCUT2D eigenvalue weighted by atomic mass is 9.89. The maximum atomic E-state index is 13.4. The molecule has 0 N–H and O–H groups in total. The van der Waals surface area contributed by atoms with Crippen LogP contribution in [0.5, 0.6) is 0 Å². The Kier molecular flexibility index (Phi) is 11.8. The zero-order valence-corrected chi connectivity index (χ0v) is 22.4. The number of carbonyl (C=O) groups is 1. The Bertz CT molecular complexity index is 613. The number of hydrogen-bond acceptors (Lipinski definition) is 8. The molecule has 0 radical (unpaired) electrons. The number of carbonyl (C=O) groups excluding carboxylic acids is 1. The lowest BCUT2D eigenvalue weighted by Gasteiger charge is -2.35. The summed E-state index contributed by atoms with van der Waals surface area (Å²) in [6, 6.07) is 0. The van der Waals surface area contributed by atoms with Crippen molar-refractivity contribution in [2.45, 2.75) is 92.3 Å². The topological polar surface area (TPSA) is 83.5 Å². The fourth-order valence-electron chi connectivity index (χ4n) is 2.93. The van der Waals surface area contributed by atoms with Crippen LogP contribution < -0.4 is 0 Å². The van der Waals surface area contributed by atoms with Crippen molar-refractivity contribution < 1.29 is 32.4 Å². The summed E-state index contributed by atoms with van der Waals surface area (Å²) in [6.45, 7) is 19.2. The molecule has 1 fully saturated rings. The van der Waals surface area contributed by atoms with E-state index in [0.717, 1.165) is 32.8 Å². The minimum absolute atomic E-state index is 0.0158. The normalized spacial score (nSPS) is 18.4. The highest BCUT2D eigenvalue weighted by atomic mass is 31.2. The van der Waals surface area contributed by atoms with Crippen LogP contribution >= 0.6 is 7.82 Å². The van der Waals surface area contributed by atoms with E-state index >= 15 is 0 Å². The van der Waals surface area contributed by atoms with Crippen molar-refractivity contribution in [3.05, 3.63) is 0 Å². The Morgan fingerprint density at radius 1 is 0.938 bits per heavy atom. The maximum absolute atomic E-state index is 13.4. The molecule has 1 rings (SSSR count). The van der Waals surface area contributed by atoms with Crippen molar-refractivity contribution in [3.63, 3.8) is 0 Å². The minimum atomic E-state index is -3.85. The number of ether oxygens (including phenoxy) is 2. The van der Waals surface area contributed by atoms with Gasteiger partial charge in [0.1, 0.15) is 6.61 Å². The van der Waals surface area contributed by atoms with Gasteiger partial charge in [0, 0.05) is 13.1 Å². The van der Waals surface area contributed by atoms with Gasteiger partial charge in [-0.2, -0.15) is 0 Å². The van der Waals surface area contributed by atoms with Gasteiger partial charge < -0.3 is 9.47 Å². The van der Waals surface area contributed by atoms with Crippen molar-refractivity contribution in [2.24, 2.45) is 5.41 Å². The summed E-state index contributed by atoms with van der Waals surface area (Å²) in [7, 11) is -3.85. The summed E-state index contributed by atoms with van der Waals surface area (Å²) < 4.78 is 41.5. The largest absolute Gasteiger partial charge is 0.475 e. The third-order valence-corrected chi connectivity index (χ3v) is 8.19. The zero-order valence-electron chi connectivity index (χ0n) is 21.5. The number of phosphoric acid groups is 1. The van der Waals surface area contributed by atoms with E-state index in [0.29, 0.717) is 25.7 Å². The van der Waals surface area contributed by atoms with Crippen LogP contribution in [0.3, 0.4) is 0 Å². The summed E-state index contributed by atoms with van der Waals surface area (Å²) >= 11 is 0. The fourth-order valence-corrected chi connectivity index (χ4v) is 4.90. The molecule has 190 valence electrons. The maximum Gasteiger partial charge on any atom is 0.475 e. The molecule has 0 bridgehead atoms. The van der Waals surface area contributed by atoms with Crippen molar-refractivity contribution >= 4 is 13.8 Å². The molecule has 1 unspecified atom stereocenters. The molecule has 1 heterocycles. The average Bonchev–Trinajstić information content (AvgIpc) is 2.75. The summed E-state index contributed by atoms with van der Waals surface area (Å²) in [5.74, 6) is -0.299. The van der Waals surface area contributed by atoms with E-state index in [-0.39, 0.29) is 19.2 Å². The van der Waals surface area contributed by atoms with E-state index in [1.807, 2.05) is 55.4 Å². The lowest BCUT2D eigenvalue weighted by Crippen LogP contribution is -2.39. The van der Waals surface area contributed by atoms with Gasteiger partial charge in [-0.05, 0) is 66.8 Å². The smallest absolute Gasteiger partial charge is 0.463 e. The number of rotatable bonds is 15. The van der Waals surface area contributed by atoms with Gasteiger partial charge >= 0.3 is 13.8 Å². The summed E-state index contributed by atoms with van der Waals surface area (Å²) in [5.41, 5.74) is -1.92. The second-order valence-electron chi connectivity index (χ2n) is 9.96. The molecule has 0 aromatic carbocycles. The van der Waals surface area contributed by atoms with Gasteiger partial charge in [0.2, 0.25) is 0 Å². The standard InChI is InChI=1S/C23H46NO7P/c1-9-22(6,7)30-32(26,31-23(8,10-2)11-3)29-19-18-28-20(25)21(4,5)12-13-24-14-16-27-17-15-24/h9-19H2,1-8H3. The molecular formula is C23H46NO7P. The first-order valence-electron chi connectivity index (χ1n) is 11.9. The highest BCUT2D eigenvalue weighted by Crippen LogP contribution is 2.56. The Balaban J connectivity index is 2.60. The van der Waals surface area contributed by atoms with Crippen LogP contribution in [0.1, 0.15) is 81.1 Å². The lowest BCUT2D eigenvalue weighted by molar-refractivity contribution is -0.155. The Labute approximate surface area is 195 Å². The Morgan fingerprint density at radius 2 is 1.53 bits per heavy atom. The minimum Gasteiger partial charge on any atom is -0.463 e. The van der Waals surface area contributed by atoms with Crippen LogP contribution in [0.2, 0.25) is 0 Å². The third-order valence-electron chi connectivity index (χ3n) is 6.31. The molecule has 8 nitrogen and oxygen atoms in total. The van der Waals surface area contributed by atoms with Crippen molar-refractivity contribution in [1.82, 2.24) is 4.90 Å². The van der Waals surface area contributed by atoms with E-state index in [1.165, 1.54) is 0 Å². The molecule has 0 spiro atoms. The molecule has 1 aliphatic heterocycles.